The average Bonchev–Trinajstić information content (AvgIpc) is 3.13. The molecule has 1 aliphatic rings. The first-order chi connectivity index (χ1) is 8.56. The third-order valence-corrected chi connectivity index (χ3v) is 4.59. The van der Waals surface area contributed by atoms with Crippen LogP contribution in [0.3, 0.4) is 0 Å². The maximum atomic E-state index is 13.3. The average molecular weight is 269 g/mol. The monoisotopic (exact) mass is 269 g/mol. The molecule has 1 aromatic rings. The molecule has 0 radical (unpaired) electrons. The lowest BCUT2D eigenvalue weighted by molar-refractivity contribution is 0.196. The number of nitrogens with one attached hydrogen (secondary N) is 1. The molecule has 0 bridgehead atoms. The number of benzene rings is 1. The van der Waals surface area contributed by atoms with Gasteiger partial charge in [-0.2, -0.15) is 0 Å². The van der Waals surface area contributed by atoms with E-state index in [1.807, 2.05) is 13.0 Å². The van der Waals surface area contributed by atoms with E-state index in [4.69, 9.17) is 0 Å². The summed E-state index contributed by atoms with van der Waals surface area (Å²) in [5.41, 5.74) is 0.986. The molecule has 0 aromatic heterocycles. The summed E-state index contributed by atoms with van der Waals surface area (Å²) >= 11 is 1.60. The van der Waals surface area contributed by atoms with Gasteiger partial charge in [0, 0.05) is 22.7 Å². The Kier molecular flexibility index (Phi) is 4.65. The van der Waals surface area contributed by atoms with Crippen LogP contribution in [0.1, 0.15) is 32.3 Å². The Morgan fingerprint density at radius 1 is 1.44 bits per heavy atom. The summed E-state index contributed by atoms with van der Waals surface area (Å²) in [4.78, 5) is 1.05. The largest absolute Gasteiger partial charge is 0.392 e. The van der Waals surface area contributed by atoms with E-state index < -0.39 is 0 Å². The van der Waals surface area contributed by atoms with E-state index in [2.05, 4.69) is 5.32 Å². The van der Waals surface area contributed by atoms with Crippen molar-refractivity contribution in [1.82, 2.24) is 5.32 Å². The Balaban J connectivity index is 2.06. The van der Waals surface area contributed by atoms with Gasteiger partial charge >= 0.3 is 0 Å². The lowest BCUT2D eigenvalue weighted by Gasteiger charge is -2.17. The Morgan fingerprint density at radius 2 is 2.17 bits per heavy atom. The van der Waals surface area contributed by atoms with Crippen LogP contribution in [0.2, 0.25) is 0 Å². The lowest BCUT2D eigenvalue weighted by Crippen LogP contribution is -2.18. The van der Waals surface area contributed by atoms with Crippen LogP contribution in [0.4, 0.5) is 4.39 Å². The molecule has 4 heteroatoms. The molecular formula is C14H20FNOS. The Hall–Kier alpha value is -0.580. The second kappa shape index (κ2) is 6.04. The molecule has 1 saturated carbocycles. The van der Waals surface area contributed by atoms with Gasteiger partial charge in [-0.25, -0.2) is 4.39 Å². The van der Waals surface area contributed by atoms with Crippen molar-refractivity contribution in [1.29, 1.82) is 0 Å². The van der Waals surface area contributed by atoms with Crippen LogP contribution >= 0.6 is 11.8 Å². The first kappa shape index (κ1) is 13.8. The van der Waals surface area contributed by atoms with Crippen LogP contribution in [-0.2, 0) is 6.54 Å². The quantitative estimate of drug-likeness (QED) is 0.779. The van der Waals surface area contributed by atoms with Gasteiger partial charge in [0.25, 0.3) is 0 Å². The van der Waals surface area contributed by atoms with Crippen LogP contribution in [-0.4, -0.2) is 22.5 Å². The molecule has 100 valence electrons. The van der Waals surface area contributed by atoms with E-state index in [9.17, 15) is 9.50 Å². The molecule has 0 spiro atoms. The van der Waals surface area contributed by atoms with Crippen LogP contribution in [0.5, 0.6) is 0 Å². The first-order valence-electron chi connectivity index (χ1n) is 6.43. The Labute approximate surface area is 112 Å². The maximum Gasteiger partial charge on any atom is 0.123 e. The van der Waals surface area contributed by atoms with Gasteiger partial charge < -0.3 is 10.4 Å². The molecule has 2 nitrogen and oxygen atoms in total. The summed E-state index contributed by atoms with van der Waals surface area (Å²) in [5.74, 6) is -0.198. The van der Waals surface area contributed by atoms with Gasteiger partial charge in [0.15, 0.2) is 0 Å². The van der Waals surface area contributed by atoms with E-state index in [1.165, 1.54) is 18.9 Å². The minimum Gasteiger partial charge on any atom is -0.392 e. The molecule has 1 aliphatic carbocycles. The highest BCUT2D eigenvalue weighted by molar-refractivity contribution is 8.00. The predicted molar refractivity (Wildman–Crippen MR) is 73.3 cm³/mol. The van der Waals surface area contributed by atoms with Crippen LogP contribution in [0, 0.1) is 5.82 Å². The predicted octanol–water partition coefficient (Wildman–Crippen LogP) is 2.94. The van der Waals surface area contributed by atoms with Gasteiger partial charge in [-0.15, -0.1) is 11.8 Å². The van der Waals surface area contributed by atoms with E-state index in [1.54, 1.807) is 24.8 Å². The zero-order valence-electron chi connectivity index (χ0n) is 10.8. The van der Waals surface area contributed by atoms with Gasteiger partial charge in [-0.05, 0) is 43.5 Å². The Morgan fingerprint density at radius 3 is 2.78 bits per heavy atom. The molecule has 1 fully saturated rings. The van der Waals surface area contributed by atoms with Crippen LogP contribution in [0.25, 0.3) is 0 Å². The highest BCUT2D eigenvalue weighted by atomic mass is 32.2. The second-order valence-corrected chi connectivity index (χ2v) is 6.39. The molecule has 2 rings (SSSR count). The first-order valence-corrected chi connectivity index (χ1v) is 7.31. The van der Waals surface area contributed by atoms with E-state index in [0.29, 0.717) is 12.6 Å². The fraction of sp³-hybridized carbons (Fsp3) is 0.571. The lowest BCUT2D eigenvalue weighted by atomic mass is 10.2. The van der Waals surface area contributed by atoms with Gasteiger partial charge in [0.05, 0.1) is 6.10 Å². The number of rotatable bonds is 6. The smallest absolute Gasteiger partial charge is 0.123 e. The van der Waals surface area contributed by atoms with Crippen LogP contribution < -0.4 is 5.32 Å². The molecule has 2 atom stereocenters. The number of hydrogen-bond donors (Lipinski definition) is 2. The fourth-order valence-electron chi connectivity index (χ4n) is 1.64. The maximum absolute atomic E-state index is 13.3. The van der Waals surface area contributed by atoms with Crippen LogP contribution in [0.15, 0.2) is 23.1 Å². The Bertz CT molecular complexity index is 407. The zero-order chi connectivity index (χ0) is 13.1. The molecule has 0 heterocycles. The molecule has 0 aliphatic heterocycles. The number of thioether (sulfide) groups is 1. The summed E-state index contributed by atoms with van der Waals surface area (Å²) < 4.78 is 13.3. The van der Waals surface area contributed by atoms with E-state index in [0.717, 1.165) is 10.5 Å². The van der Waals surface area contributed by atoms with Crippen molar-refractivity contribution in [3.05, 3.63) is 29.6 Å². The minimum absolute atomic E-state index is 0.107. The van der Waals surface area contributed by atoms with Crippen molar-refractivity contribution in [2.24, 2.45) is 0 Å². The SMILES string of the molecule is CC(O)C(C)Sc1ccc(F)cc1CNC1CC1. The standard InChI is InChI=1S/C14H20FNOS/c1-9(17)10(2)18-14-6-3-12(15)7-11(14)8-16-13-4-5-13/h3,6-7,9-10,13,16-17H,4-5,8H2,1-2H3. The van der Waals surface area contributed by atoms with Crippen molar-refractivity contribution in [3.63, 3.8) is 0 Å². The molecule has 2 N–H and O–H groups in total. The molecule has 2 unspecified atom stereocenters. The molecule has 0 amide bonds. The minimum atomic E-state index is -0.371. The van der Waals surface area contributed by atoms with Gasteiger partial charge in [-0.1, -0.05) is 6.92 Å². The summed E-state index contributed by atoms with van der Waals surface area (Å²) in [6.45, 7) is 4.47. The van der Waals surface area contributed by atoms with Crippen molar-refractivity contribution in [2.75, 3.05) is 0 Å². The second-order valence-electron chi connectivity index (χ2n) is 4.97. The summed E-state index contributed by atoms with van der Waals surface area (Å²) in [6, 6.07) is 5.49. The van der Waals surface area contributed by atoms with Crippen molar-refractivity contribution in [2.45, 2.75) is 55.5 Å². The van der Waals surface area contributed by atoms with Gasteiger partial charge in [0.2, 0.25) is 0 Å². The van der Waals surface area contributed by atoms with Gasteiger partial charge in [0.1, 0.15) is 5.82 Å². The third-order valence-electron chi connectivity index (χ3n) is 3.17. The normalized spacial score (nSPS) is 18.7. The number of aliphatic hydroxyl groups is 1. The highest BCUT2D eigenvalue weighted by Gasteiger charge is 2.21. The molecule has 1 aromatic carbocycles. The summed E-state index contributed by atoms with van der Waals surface area (Å²) in [5, 5.41) is 13.1. The third kappa shape index (κ3) is 3.97. The molecule has 0 saturated heterocycles. The summed E-state index contributed by atoms with van der Waals surface area (Å²) in [7, 11) is 0. The fourth-order valence-corrected chi connectivity index (χ4v) is 2.67. The van der Waals surface area contributed by atoms with Crippen molar-refractivity contribution >= 4 is 11.8 Å². The molecular weight excluding hydrogens is 249 g/mol. The highest BCUT2D eigenvalue weighted by Crippen LogP contribution is 2.30. The molecule has 18 heavy (non-hydrogen) atoms. The van der Waals surface area contributed by atoms with E-state index in [-0.39, 0.29) is 17.2 Å². The summed E-state index contributed by atoms with van der Waals surface area (Å²) in [6.07, 6.45) is 2.08. The number of aliphatic hydroxyl groups excluding tert-OH is 1. The van der Waals surface area contributed by atoms with Crippen molar-refractivity contribution in [3.8, 4) is 0 Å². The van der Waals surface area contributed by atoms with Crippen molar-refractivity contribution < 1.29 is 9.50 Å². The number of hydrogen-bond acceptors (Lipinski definition) is 3. The number of halogens is 1. The topological polar surface area (TPSA) is 32.3 Å². The van der Waals surface area contributed by atoms with Gasteiger partial charge in [-0.3, -0.25) is 0 Å². The zero-order valence-corrected chi connectivity index (χ0v) is 11.6. The van der Waals surface area contributed by atoms with E-state index >= 15 is 0 Å².